The molecule has 3 rings (SSSR count). The average molecular weight is 400 g/mol. The number of aromatic nitrogens is 2. The van der Waals surface area contributed by atoms with Gasteiger partial charge in [-0.25, -0.2) is 4.98 Å². The van der Waals surface area contributed by atoms with Crippen molar-refractivity contribution in [2.75, 3.05) is 45.1 Å². The minimum atomic E-state index is 0.449. The van der Waals surface area contributed by atoms with Gasteiger partial charge in [-0.2, -0.15) is 4.98 Å². The first-order valence-electron chi connectivity index (χ1n) is 10.3. The van der Waals surface area contributed by atoms with Gasteiger partial charge in [0.25, 0.3) is 0 Å². The van der Waals surface area contributed by atoms with Crippen LogP contribution in [-0.4, -0.2) is 50.9 Å². The third-order valence-corrected chi connectivity index (χ3v) is 5.52. The lowest BCUT2D eigenvalue weighted by atomic mass is 9.86. The highest BCUT2D eigenvalue weighted by molar-refractivity contribution is 5.41. The second-order valence-corrected chi connectivity index (χ2v) is 7.80. The Kier molecular flexibility index (Phi) is 7.52. The van der Waals surface area contributed by atoms with Gasteiger partial charge in [-0.1, -0.05) is 6.07 Å². The maximum atomic E-state index is 5.48. The van der Waals surface area contributed by atoms with Crippen LogP contribution in [0.25, 0.3) is 0 Å². The molecule has 0 bridgehead atoms. The highest BCUT2D eigenvalue weighted by Gasteiger charge is 2.21. The Hall–Kier alpha value is -2.54. The van der Waals surface area contributed by atoms with E-state index < -0.39 is 0 Å². The zero-order valence-electron chi connectivity index (χ0n) is 17.9. The van der Waals surface area contributed by atoms with Crippen molar-refractivity contribution < 1.29 is 9.47 Å². The van der Waals surface area contributed by atoms with Crippen LogP contribution in [0.15, 0.2) is 30.5 Å². The van der Waals surface area contributed by atoms with Crippen molar-refractivity contribution in [3.05, 3.63) is 36.0 Å². The summed E-state index contributed by atoms with van der Waals surface area (Å²) in [6.45, 7) is 1.82. The van der Waals surface area contributed by atoms with Crippen LogP contribution in [0, 0.1) is 5.92 Å². The molecule has 1 heterocycles. The fraction of sp³-hybridized carbons (Fsp3) is 0.545. The lowest BCUT2D eigenvalue weighted by molar-refractivity contribution is 0.322. The van der Waals surface area contributed by atoms with Gasteiger partial charge in [0, 0.05) is 44.5 Å². The maximum Gasteiger partial charge on any atom is 0.224 e. The summed E-state index contributed by atoms with van der Waals surface area (Å²) in [6, 6.07) is 8.34. The number of hydrogen-bond acceptors (Lipinski definition) is 7. The topological polar surface area (TPSA) is 71.5 Å². The summed E-state index contributed by atoms with van der Waals surface area (Å²) < 4.78 is 10.7. The van der Waals surface area contributed by atoms with Gasteiger partial charge in [-0.3, -0.25) is 0 Å². The van der Waals surface area contributed by atoms with E-state index in [1.54, 1.807) is 14.2 Å². The molecule has 0 spiro atoms. The standard InChI is InChI=1S/C22H33N5O2/c1-27(2)21-11-12-24-22(26-21)25-18-8-5-16(6-9-18)14-23-15-17-7-10-19(28-3)13-20(17)29-4/h7,10-13,16,18,23H,5-6,8-9,14-15H2,1-4H3,(H,24,25,26). The Labute approximate surface area is 173 Å². The second-order valence-electron chi connectivity index (χ2n) is 7.80. The van der Waals surface area contributed by atoms with E-state index in [1.165, 1.54) is 12.8 Å². The minimum absolute atomic E-state index is 0.449. The summed E-state index contributed by atoms with van der Waals surface area (Å²) in [5, 5.41) is 7.10. The lowest BCUT2D eigenvalue weighted by Gasteiger charge is -2.29. The molecule has 7 nitrogen and oxygen atoms in total. The molecule has 0 unspecified atom stereocenters. The van der Waals surface area contributed by atoms with Crippen molar-refractivity contribution >= 4 is 11.8 Å². The van der Waals surface area contributed by atoms with Crippen LogP contribution < -0.4 is 25.0 Å². The van der Waals surface area contributed by atoms with Gasteiger partial charge in [0.2, 0.25) is 5.95 Å². The molecule has 0 saturated heterocycles. The van der Waals surface area contributed by atoms with Crippen LogP contribution in [0.3, 0.4) is 0 Å². The first-order valence-corrected chi connectivity index (χ1v) is 10.3. The third-order valence-electron chi connectivity index (χ3n) is 5.52. The lowest BCUT2D eigenvalue weighted by Crippen LogP contribution is -2.31. The molecular formula is C22H33N5O2. The third kappa shape index (κ3) is 5.97. The van der Waals surface area contributed by atoms with E-state index in [1.807, 2.05) is 43.4 Å². The van der Waals surface area contributed by atoms with E-state index in [0.29, 0.717) is 12.0 Å². The fourth-order valence-corrected chi connectivity index (χ4v) is 3.77. The monoisotopic (exact) mass is 399 g/mol. The predicted molar refractivity (Wildman–Crippen MR) is 117 cm³/mol. The second kappa shape index (κ2) is 10.3. The van der Waals surface area contributed by atoms with Gasteiger partial charge in [-0.15, -0.1) is 0 Å². The SMILES string of the molecule is COc1ccc(CNCC2CCC(Nc3nccc(N(C)C)n3)CC2)c(OC)c1. The molecule has 0 amide bonds. The number of nitrogens with one attached hydrogen (secondary N) is 2. The highest BCUT2D eigenvalue weighted by Crippen LogP contribution is 2.27. The summed E-state index contributed by atoms with van der Waals surface area (Å²) in [5.41, 5.74) is 1.15. The smallest absolute Gasteiger partial charge is 0.224 e. The van der Waals surface area contributed by atoms with Crippen LogP contribution in [-0.2, 0) is 6.54 Å². The van der Waals surface area contributed by atoms with E-state index in [0.717, 1.165) is 54.8 Å². The van der Waals surface area contributed by atoms with Crippen molar-refractivity contribution in [2.45, 2.75) is 38.3 Å². The molecule has 1 aromatic carbocycles. The van der Waals surface area contributed by atoms with Crippen LogP contribution >= 0.6 is 0 Å². The van der Waals surface area contributed by atoms with Gasteiger partial charge in [0.1, 0.15) is 17.3 Å². The van der Waals surface area contributed by atoms with Gasteiger partial charge >= 0.3 is 0 Å². The number of rotatable bonds is 9. The molecule has 1 saturated carbocycles. The number of anilines is 2. The molecule has 2 N–H and O–H groups in total. The van der Waals surface area contributed by atoms with Gasteiger partial charge in [0.15, 0.2) is 0 Å². The van der Waals surface area contributed by atoms with Crippen LogP contribution in [0.2, 0.25) is 0 Å². The normalized spacial score (nSPS) is 18.9. The Bertz CT molecular complexity index is 776. The van der Waals surface area contributed by atoms with E-state index >= 15 is 0 Å². The zero-order chi connectivity index (χ0) is 20.6. The molecule has 29 heavy (non-hydrogen) atoms. The Morgan fingerprint density at radius 2 is 1.86 bits per heavy atom. The van der Waals surface area contributed by atoms with Crippen molar-refractivity contribution in [3.8, 4) is 11.5 Å². The Morgan fingerprint density at radius 3 is 2.55 bits per heavy atom. The van der Waals surface area contributed by atoms with Gasteiger partial charge in [-0.05, 0) is 50.3 Å². The molecule has 0 aliphatic heterocycles. The summed E-state index contributed by atoms with van der Waals surface area (Å²) in [6.07, 6.45) is 6.52. The van der Waals surface area contributed by atoms with E-state index in [2.05, 4.69) is 26.7 Å². The van der Waals surface area contributed by atoms with Crippen LogP contribution in [0.5, 0.6) is 11.5 Å². The van der Waals surface area contributed by atoms with E-state index in [-0.39, 0.29) is 0 Å². The molecule has 7 heteroatoms. The van der Waals surface area contributed by atoms with Gasteiger partial charge < -0.3 is 25.0 Å². The fourth-order valence-electron chi connectivity index (χ4n) is 3.77. The molecule has 2 aromatic rings. The van der Waals surface area contributed by atoms with E-state index in [9.17, 15) is 0 Å². The molecular weight excluding hydrogens is 366 g/mol. The minimum Gasteiger partial charge on any atom is -0.497 e. The quantitative estimate of drug-likeness (QED) is 0.670. The number of ether oxygens (including phenoxy) is 2. The molecule has 1 aliphatic carbocycles. The first kappa shape index (κ1) is 21.2. The molecule has 1 aromatic heterocycles. The number of methoxy groups -OCH3 is 2. The summed E-state index contributed by atoms with van der Waals surface area (Å²) in [4.78, 5) is 10.9. The average Bonchev–Trinajstić information content (AvgIpc) is 2.75. The van der Waals surface area contributed by atoms with Crippen LogP contribution in [0.4, 0.5) is 11.8 Å². The number of nitrogens with zero attached hydrogens (tertiary/aromatic N) is 3. The van der Waals surface area contributed by atoms with E-state index in [4.69, 9.17) is 9.47 Å². The highest BCUT2D eigenvalue weighted by atomic mass is 16.5. The summed E-state index contributed by atoms with van der Waals surface area (Å²) in [5.74, 6) is 4.03. The molecule has 1 aliphatic rings. The summed E-state index contributed by atoms with van der Waals surface area (Å²) >= 11 is 0. The number of hydrogen-bond donors (Lipinski definition) is 2. The molecule has 0 atom stereocenters. The Morgan fingerprint density at radius 1 is 1.07 bits per heavy atom. The number of benzene rings is 1. The van der Waals surface area contributed by atoms with Gasteiger partial charge in [0.05, 0.1) is 14.2 Å². The largest absolute Gasteiger partial charge is 0.497 e. The van der Waals surface area contributed by atoms with Crippen LogP contribution in [0.1, 0.15) is 31.2 Å². The Balaban J connectivity index is 1.42. The molecule has 158 valence electrons. The molecule has 1 fully saturated rings. The van der Waals surface area contributed by atoms with Crippen molar-refractivity contribution in [3.63, 3.8) is 0 Å². The van der Waals surface area contributed by atoms with Crippen molar-refractivity contribution in [1.29, 1.82) is 0 Å². The predicted octanol–water partition coefficient (Wildman–Crippen LogP) is 3.32. The summed E-state index contributed by atoms with van der Waals surface area (Å²) in [7, 11) is 7.35. The molecule has 0 radical (unpaired) electrons. The van der Waals surface area contributed by atoms with Crippen molar-refractivity contribution in [1.82, 2.24) is 15.3 Å². The van der Waals surface area contributed by atoms with Crippen molar-refractivity contribution in [2.24, 2.45) is 5.92 Å². The maximum absolute atomic E-state index is 5.48. The zero-order valence-corrected chi connectivity index (χ0v) is 17.9. The first-order chi connectivity index (χ1) is 14.1.